The lowest BCUT2D eigenvalue weighted by Gasteiger charge is -2.21. The maximum absolute atomic E-state index is 12.1. The van der Waals surface area contributed by atoms with Gasteiger partial charge >= 0.3 is 0 Å². The lowest BCUT2D eigenvalue weighted by molar-refractivity contribution is 0.130. The lowest BCUT2D eigenvalue weighted by Crippen LogP contribution is -2.22. The summed E-state index contributed by atoms with van der Waals surface area (Å²) in [6.07, 6.45) is 9.40. The highest BCUT2D eigenvalue weighted by Gasteiger charge is 2.15. The fourth-order valence-electron chi connectivity index (χ4n) is 4.48. The Morgan fingerprint density at radius 3 is 1.63 bits per heavy atom. The van der Waals surface area contributed by atoms with Gasteiger partial charge in [-0.1, -0.05) is 47.2 Å². The van der Waals surface area contributed by atoms with E-state index in [2.05, 4.69) is 55.3 Å². The van der Waals surface area contributed by atoms with Crippen LogP contribution in [0.2, 0.25) is 0 Å². The molecule has 0 aliphatic rings. The Morgan fingerprint density at radius 2 is 1.17 bits per heavy atom. The van der Waals surface area contributed by atoms with Crippen LogP contribution in [0.15, 0.2) is 90.1 Å². The first-order valence-corrected chi connectivity index (χ1v) is 17.5. The average Bonchev–Trinajstić information content (AvgIpc) is 3.50. The molecule has 0 unspecified atom stereocenters. The molecular weight excluding hydrogens is 598 g/mol. The van der Waals surface area contributed by atoms with Crippen LogP contribution in [0.4, 0.5) is 0 Å². The van der Waals surface area contributed by atoms with Crippen molar-refractivity contribution >= 4 is 10.1 Å². The normalized spacial score (nSPS) is 11.9. The van der Waals surface area contributed by atoms with Gasteiger partial charge in [-0.3, -0.25) is 8.86 Å². The van der Waals surface area contributed by atoms with E-state index in [-0.39, 0.29) is 22.7 Å². The minimum Gasteiger partial charge on any atom is -0.488 e. The molecule has 46 heavy (non-hydrogen) atoms. The van der Waals surface area contributed by atoms with E-state index in [0.29, 0.717) is 6.42 Å². The zero-order chi connectivity index (χ0) is 33.6. The van der Waals surface area contributed by atoms with Crippen LogP contribution in [0.25, 0.3) is 0 Å². The third-order valence-corrected chi connectivity index (χ3v) is 8.00. The molecule has 4 aromatic rings. The summed E-state index contributed by atoms with van der Waals surface area (Å²) in [5, 5.41) is 7.75. The predicted molar refractivity (Wildman–Crippen MR) is 184 cm³/mol. The Kier molecular flexibility index (Phi) is 13.8. The van der Waals surface area contributed by atoms with Crippen LogP contribution in [-0.4, -0.2) is 41.2 Å². The topological polar surface area (TPSA) is 92.5 Å². The van der Waals surface area contributed by atoms with Crippen LogP contribution in [0.3, 0.4) is 0 Å². The van der Waals surface area contributed by atoms with Gasteiger partial charge in [0.1, 0.15) is 22.7 Å². The SMILES string of the molecule is CC(C)(C)Oc1ccc(CCCCn2ccnn2)cc1.Cc1ccc(S(=O)(=O)OCCCCc2ccc(OC(C)(C)C)cc2)cc1. The number of unbranched alkanes of at least 4 members (excludes halogenated alkanes) is 2. The van der Waals surface area contributed by atoms with E-state index >= 15 is 0 Å². The van der Waals surface area contributed by atoms with Crippen molar-refractivity contribution in [2.45, 2.75) is 110 Å². The van der Waals surface area contributed by atoms with Gasteiger partial charge in [-0.2, -0.15) is 8.42 Å². The van der Waals surface area contributed by atoms with Gasteiger partial charge in [-0.05, 0) is 135 Å². The predicted octanol–water partition coefficient (Wildman–Crippen LogP) is 8.38. The van der Waals surface area contributed by atoms with Gasteiger partial charge in [0.05, 0.1) is 17.7 Å². The Labute approximate surface area is 276 Å². The number of nitrogens with zero attached hydrogens (tertiary/aromatic N) is 3. The maximum Gasteiger partial charge on any atom is 0.296 e. The van der Waals surface area contributed by atoms with Crippen LogP contribution >= 0.6 is 0 Å². The molecule has 4 rings (SSSR count). The van der Waals surface area contributed by atoms with Crippen LogP contribution < -0.4 is 9.47 Å². The van der Waals surface area contributed by atoms with E-state index in [1.54, 1.807) is 30.5 Å². The summed E-state index contributed by atoms with van der Waals surface area (Å²) in [6, 6.07) is 23.1. The van der Waals surface area contributed by atoms with Crippen LogP contribution in [-0.2, 0) is 33.7 Å². The minimum absolute atomic E-state index is 0.140. The zero-order valence-corrected chi connectivity index (χ0v) is 29.3. The minimum atomic E-state index is -3.66. The monoisotopic (exact) mass is 649 g/mol. The molecule has 0 atom stereocenters. The van der Waals surface area contributed by atoms with Gasteiger partial charge in [-0.15, -0.1) is 5.10 Å². The van der Waals surface area contributed by atoms with Crippen LogP contribution in [0, 0.1) is 6.92 Å². The molecule has 1 aromatic heterocycles. The van der Waals surface area contributed by atoms with Crippen molar-refractivity contribution in [1.82, 2.24) is 15.0 Å². The number of aryl methyl sites for hydroxylation is 4. The van der Waals surface area contributed by atoms with Crippen molar-refractivity contribution in [1.29, 1.82) is 0 Å². The Morgan fingerprint density at radius 1 is 0.674 bits per heavy atom. The standard InChI is InChI=1S/C21H28O4S.C16H23N3O/c1-17-8-14-20(15-9-17)26(22,23)24-16-6-5-7-18-10-12-19(13-11-18)25-21(2,3)4;1-16(2,3)20-15-9-7-14(8-10-15)6-4-5-12-19-13-11-17-18-19/h8-15H,5-7,16H2,1-4H3;7-11,13H,4-6,12H2,1-3H3. The van der Waals surface area contributed by atoms with Crippen molar-refractivity contribution in [2.75, 3.05) is 6.61 Å². The van der Waals surface area contributed by atoms with Gasteiger partial charge < -0.3 is 9.47 Å². The van der Waals surface area contributed by atoms with E-state index in [1.807, 2.05) is 62.8 Å². The van der Waals surface area contributed by atoms with Gasteiger partial charge in [0.15, 0.2) is 0 Å². The lowest BCUT2D eigenvalue weighted by atomic mass is 10.1. The first-order chi connectivity index (χ1) is 21.7. The average molecular weight is 650 g/mol. The largest absolute Gasteiger partial charge is 0.488 e. The van der Waals surface area contributed by atoms with Crippen LogP contribution in [0.1, 0.15) is 83.9 Å². The Bertz CT molecular complexity index is 1520. The molecule has 9 heteroatoms. The second-order valence-electron chi connectivity index (χ2n) is 13.4. The number of hydrogen-bond donors (Lipinski definition) is 0. The molecule has 1 heterocycles. The van der Waals surface area contributed by atoms with Crippen molar-refractivity contribution in [2.24, 2.45) is 0 Å². The van der Waals surface area contributed by atoms with Crippen molar-refractivity contribution in [3.8, 4) is 11.5 Å². The molecule has 0 aliphatic heterocycles. The van der Waals surface area contributed by atoms with Gasteiger partial charge in [0.2, 0.25) is 0 Å². The summed E-state index contributed by atoms with van der Waals surface area (Å²) in [5.74, 6) is 1.79. The van der Waals surface area contributed by atoms with Crippen molar-refractivity contribution in [3.05, 3.63) is 102 Å². The summed E-state index contributed by atoms with van der Waals surface area (Å²) >= 11 is 0. The second kappa shape index (κ2) is 17.3. The zero-order valence-electron chi connectivity index (χ0n) is 28.5. The third-order valence-electron chi connectivity index (χ3n) is 6.68. The molecule has 0 aliphatic carbocycles. The molecule has 0 fully saturated rings. The Balaban J connectivity index is 0.000000259. The molecule has 0 radical (unpaired) electrons. The third kappa shape index (κ3) is 14.6. The molecule has 0 bridgehead atoms. The second-order valence-corrected chi connectivity index (χ2v) is 15.0. The number of benzene rings is 3. The molecule has 0 amide bonds. The number of rotatable bonds is 14. The number of ether oxygens (including phenoxy) is 2. The van der Waals surface area contributed by atoms with Crippen molar-refractivity contribution in [3.63, 3.8) is 0 Å². The van der Waals surface area contributed by atoms with Gasteiger partial charge in [-0.25, -0.2) is 0 Å². The van der Waals surface area contributed by atoms with Gasteiger partial charge in [0.25, 0.3) is 10.1 Å². The molecular formula is C37H51N3O5S. The maximum atomic E-state index is 12.1. The Hall–Kier alpha value is -3.69. The fourth-order valence-corrected chi connectivity index (χ4v) is 5.43. The summed E-state index contributed by atoms with van der Waals surface area (Å²) in [4.78, 5) is 0.206. The highest BCUT2D eigenvalue weighted by atomic mass is 32.2. The molecule has 0 spiro atoms. The molecule has 3 aromatic carbocycles. The van der Waals surface area contributed by atoms with E-state index in [1.165, 1.54) is 11.1 Å². The summed E-state index contributed by atoms with van der Waals surface area (Å²) < 4.78 is 42.8. The highest BCUT2D eigenvalue weighted by Crippen LogP contribution is 2.21. The van der Waals surface area contributed by atoms with Crippen molar-refractivity contribution < 1.29 is 22.1 Å². The number of hydrogen-bond acceptors (Lipinski definition) is 7. The summed E-state index contributed by atoms with van der Waals surface area (Å²) in [7, 11) is -3.66. The van der Waals surface area contributed by atoms with E-state index in [0.717, 1.165) is 55.7 Å². The van der Waals surface area contributed by atoms with Crippen LogP contribution in [0.5, 0.6) is 11.5 Å². The molecule has 8 nitrogen and oxygen atoms in total. The molecule has 0 saturated carbocycles. The molecule has 0 N–H and O–H groups in total. The summed E-state index contributed by atoms with van der Waals surface area (Å²) in [5.41, 5.74) is 3.22. The van der Waals surface area contributed by atoms with E-state index in [4.69, 9.17) is 13.7 Å². The quantitative estimate of drug-likeness (QED) is 0.100. The van der Waals surface area contributed by atoms with E-state index < -0.39 is 10.1 Å². The number of aromatic nitrogens is 3. The molecule has 0 saturated heterocycles. The summed E-state index contributed by atoms with van der Waals surface area (Å²) in [6.45, 7) is 15.3. The first kappa shape index (κ1) is 36.8. The van der Waals surface area contributed by atoms with E-state index in [9.17, 15) is 8.42 Å². The van der Waals surface area contributed by atoms with Gasteiger partial charge in [0, 0.05) is 12.7 Å². The first-order valence-electron chi connectivity index (χ1n) is 16.0. The highest BCUT2D eigenvalue weighted by molar-refractivity contribution is 7.86. The fraction of sp³-hybridized carbons (Fsp3) is 0.459. The molecule has 250 valence electrons. The smallest absolute Gasteiger partial charge is 0.296 e.